The quantitative estimate of drug-likeness (QED) is 0.699. The van der Waals surface area contributed by atoms with E-state index in [2.05, 4.69) is 6.07 Å². The molecular formula is C10H11ClN2. The Balaban J connectivity index is 3.25. The largest absolute Gasteiger partial charge is 0.398 e. The van der Waals surface area contributed by atoms with Crippen molar-refractivity contribution in [3.05, 3.63) is 28.3 Å². The topological polar surface area (TPSA) is 49.8 Å². The minimum atomic E-state index is -0.188. The van der Waals surface area contributed by atoms with Gasteiger partial charge in [-0.05, 0) is 31.0 Å². The normalized spacial score (nSPS) is 12.2. The second-order valence-electron chi connectivity index (χ2n) is 3.08. The summed E-state index contributed by atoms with van der Waals surface area (Å²) in [5, 5.41) is 9.30. The van der Waals surface area contributed by atoms with E-state index < -0.39 is 0 Å². The summed E-state index contributed by atoms with van der Waals surface area (Å²) in [6.45, 7) is 3.72. The number of rotatable bonds is 1. The number of halogens is 1. The van der Waals surface area contributed by atoms with E-state index >= 15 is 0 Å². The Kier molecular flexibility index (Phi) is 2.79. The highest BCUT2D eigenvalue weighted by molar-refractivity contribution is 6.31. The Labute approximate surface area is 82.9 Å². The summed E-state index contributed by atoms with van der Waals surface area (Å²) in [6, 6.07) is 5.70. The summed E-state index contributed by atoms with van der Waals surface area (Å²) < 4.78 is 0. The Bertz CT molecular complexity index is 366. The van der Waals surface area contributed by atoms with Crippen molar-refractivity contribution in [1.82, 2.24) is 0 Å². The minimum absolute atomic E-state index is 0.188. The van der Waals surface area contributed by atoms with Crippen molar-refractivity contribution in [2.45, 2.75) is 19.8 Å². The predicted molar refractivity (Wildman–Crippen MR) is 54.6 cm³/mol. The van der Waals surface area contributed by atoms with Crippen molar-refractivity contribution in [2.24, 2.45) is 0 Å². The number of hydrogen-bond acceptors (Lipinski definition) is 2. The maximum Gasteiger partial charge on any atom is 0.0701 e. The summed E-state index contributed by atoms with van der Waals surface area (Å²) >= 11 is 5.94. The van der Waals surface area contributed by atoms with Crippen molar-refractivity contribution in [3.63, 3.8) is 0 Å². The van der Waals surface area contributed by atoms with Crippen LogP contribution in [0.3, 0.4) is 0 Å². The third-order valence-corrected chi connectivity index (χ3v) is 2.37. The Morgan fingerprint density at radius 3 is 2.69 bits per heavy atom. The molecule has 0 saturated heterocycles. The zero-order valence-corrected chi connectivity index (χ0v) is 8.39. The molecule has 1 aromatic rings. The van der Waals surface area contributed by atoms with Crippen LogP contribution in [0, 0.1) is 18.3 Å². The lowest BCUT2D eigenvalue weighted by molar-refractivity contribution is 0.979. The van der Waals surface area contributed by atoms with Crippen LogP contribution in [0.5, 0.6) is 0 Å². The molecule has 1 aromatic carbocycles. The van der Waals surface area contributed by atoms with E-state index in [1.54, 1.807) is 6.07 Å². The van der Waals surface area contributed by atoms with E-state index in [4.69, 9.17) is 22.6 Å². The summed E-state index contributed by atoms with van der Waals surface area (Å²) in [6.07, 6.45) is 0. The molecule has 0 aliphatic rings. The fraction of sp³-hybridized carbons (Fsp3) is 0.300. The number of nitrogens with two attached hydrogens (primary N) is 1. The molecule has 68 valence electrons. The second-order valence-corrected chi connectivity index (χ2v) is 3.49. The third-order valence-electron chi connectivity index (χ3n) is 2.05. The third kappa shape index (κ3) is 1.93. The van der Waals surface area contributed by atoms with Gasteiger partial charge in [0.1, 0.15) is 0 Å². The van der Waals surface area contributed by atoms with Crippen LogP contribution in [0.25, 0.3) is 0 Å². The minimum Gasteiger partial charge on any atom is -0.398 e. The number of anilines is 1. The highest BCUT2D eigenvalue weighted by atomic mass is 35.5. The molecule has 0 aromatic heterocycles. The van der Waals surface area contributed by atoms with Crippen LogP contribution in [0.4, 0.5) is 5.69 Å². The lowest BCUT2D eigenvalue weighted by atomic mass is 10.00. The fourth-order valence-corrected chi connectivity index (χ4v) is 1.46. The molecule has 0 amide bonds. The van der Waals surface area contributed by atoms with Crippen molar-refractivity contribution in [2.75, 3.05) is 5.73 Å². The molecule has 0 spiro atoms. The van der Waals surface area contributed by atoms with Crippen LogP contribution in [-0.2, 0) is 0 Å². The van der Waals surface area contributed by atoms with Crippen LogP contribution in [0.1, 0.15) is 24.0 Å². The maximum absolute atomic E-state index is 8.73. The number of nitrogen functional groups attached to an aromatic ring is 1. The van der Waals surface area contributed by atoms with Gasteiger partial charge in [0.25, 0.3) is 0 Å². The van der Waals surface area contributed by atoms with E-state index in [1.165, 1.54) is 0 Å². The standard InChI is InChI=1S/C10H11ClN2/c1-6-3-8(7(2)5-12)9(11)4-10(6)13/h3-4,7H,13H2,1-2H3. The lowest BCUT2D eigenvalue weighted by Crippen LogP contribution is -1.96. The first kappa shape index (κ1) is 9.88. The van der Waals surface area contributed by atoms with Gasteiger partial charge in [0.15, 0.2) is 0 Å². The molecule has 3 heteroatoms. The van der Waals surface area contributed by atoms with Gasteiger partial charge in [-0.1, -0.05) is 17.7 Å². The van der Waals surface area contributed by atoms with E-state index in [0.717, 1.165) is 11.1 Å². The van der Waals surface area contributed by atoms with Gasteiger partial charge >= 0.3 is 0 Å². The number of benzene rings is 1. The van der Waals surface area contributed by atoms with Crippen molar-refractivity contribution in [3.8, 4) is 6.07 Å². The van der Waals surface area contributed by atoms with Gasteiger partial charge in [-0.15, -0.1) is 0 Å². The van der Waals surface area contributed by atoms with Gasteiger partial charge in [0.05, 0.1) is 12.0 Å². The smallest absolute Gasteiger partial charge is 0.0701 e. The molecule has 1 atom stereocenters. The molecule has 0 aliphatic heterocycles. The molecule has 2 N–H and O–H groups in total. The van der Waals surface area contributed by atoms with Crippen molar-refractivity contribution < 1.29 is 0 Å². The van der Waals surface area contributed by atoms with E-state index in [-0.39, 0.29) is 5.92 Å². The van der Waals surface area contributed by atoms with Crippen LogP contribution in [-0.4, -0.2) is 0 Å². The van der Waals surface area contributed by atoms with E-state index in [1.807, 2.05) is 19.9 Å². The Morgan fingerprint density at radius 2 is 2.15 bits per heavy atom. The summed E-state index contributed by atoms with van der Waals surface area (Å²) in [4.78, 5) is 0. The summed E-state index contributed by atoms with van der Waals surface area (Å²) in [7, 11) is 0. The highest BCUT2D eigenvalue weighted by Gasteiger charge is 2.10. The number of nitrogens with zero attached hydrogens (tertiary/aromatic N) is 1. The number of nitriles is 1. The molecule has 2 nitrogen and oxygen atoms in total. The highest BCUT2D eigenvalue weighted by Crippen LogP contribution is 2.28. The first-order valence-electron chi connectivity index (χ1n) is 4.01. The summed E-state index contributed by atoms with van der Waals surface area (Å²) in [5.41, 5.74) is 8.13. The predicted octanol–water partition coefficient (Wildman–Crippen LogP) is 2.86. The van der Waals surface area contributed by atoms with E-state index in [0.29, 0.717) is 10.7 Å². The van der Waals surface area contributed by atoms with Crippen LogP contribution < -0.4 is 5.73 Å². The Morgan fingerprint density at radius 1 is 1.54 bits per heavy atom. The second kappa shape index (κ2) is 3.68. The summed E-state index contributed by atoms with van der Waals surface area (Å²) in [5.74, 6) is -0.188. The van der Waals surface area contributed by atoms with Crippen LogP contribution in [0.2, 0.25) is 5.02 Å². The molecule has 1 unspecified atom stereocenters. The van der Waals surface area contributed by atoms with Gasteiger partial charge in [-0.25, -0.2) is 0 Å². The SMILES string of the molecule is Cc1cc(C(C)C#N)c(Cl)cc1N. The molecule has 0 bridgehead atoms. The lowest BCUT2D eigenvalue weighted by Gasteiger charge is -2.09. The van der Waals surface area contributed by atoms with E-state index in [9.17, 15) is 0 Å². The van der Waals surface area contributed by atoms with Crippen LogP contribution in [0.15, 0.2) is 12.1 Å². The van der Waals surface area contributed by atoms with Crippen molar-refractivity contribution >= 4 is 17.3 Å². The number of hydrogen-bond donors (Lipinski definition) is 1. The molecule has 1 rings (SSSR count). The molecule has 0 radical (unpaired) electrons. The number of aryl methyl sites for hydroxylation is 1. The molecule has 0 fully saturated rings. The molecule has 0 heterocycles. The van der Waals surface area contributed by atoms with Crippen LogP contribution >= 0.6 is 11.6 Å². The zero-order valence-electron chi connectivity index (χ0n) is 7.63. The first-order valence-corrected chi connectivity index (χ1v) is 4.39. The van der Waals surface area contributed by atoms with Gasteiger partial charge < -0.3 is 5.73 Å². The molecule has 0 aliphatic carbocycles. The average molecular weight is 195 g/mol. The van der Waals surface area contributed by atoms with Gasteiger partial charge in [-0.2, -0.15) is 5.26 Å². The molecule has 0 saturated carbocycles. The van der Waals surface area contributed by atoms with Crippen molar-refractivity contribution in [1.29, 1.82) is 5.26 Å². The first-order chi connectivity index (χ1) is 6.06. The Hall–Kier alpha value is -1.20. The zero-order chi connectivity index (χ0) is 10.0. The molecular weight excluding hydrogens is 184 g/mol. The fourth-order valence-electron chi connectivity index (χ4n) is 1.12. The average Bonchev–Trinajstić information content (AvgIpc) is 2.10. The molecule has 13 heavy (non-hydrogen) atoms. The van der Waals surface area contributed by atoms with Gasteiger partial charge in [0.2, 0.25) is 0 Å². The maximum atomic E-state index is 8.73. The van der Waals surface area contributed by atoms with Gasteiger partial charge in [-0.3, -0.25) is 0 Å². The van der Waals surface area contributed by atoms with Gasteiger partial charge in [0, 0.05) is 10.7 Å². The monoisotopic (exact) mass is 194 g/mol.